The maximum absolute atomic E-state index is 12.6. The Morgan fingerprint density at radius 3 is 2.64 bits per heavy atom. The SMILES string of the molecule is COc1ccc(NC(=O)c2cnn3ccn(C)c23)cc1C(=O)N(C)C. The van der Waals surface area contributed by atoms with E-state index in [1.54, 1.807) is 43.0 Å². The highest BCUT2D eigenvalue weighted by atomic mass is 16.5. The van der Waals surface area contributed by atoms with Crippen molar-refractivity contribution in [3.63, 3.8) is 0 Å². The van der Waals surface area contributed by atoms with E-state index in [0.29, 0.717) is 28.2 Å². The normalized spacial score (nSPS) is 10.7. The summed E-state index contributed by atoms with van der Waals surface area (Å²) in [5.74, 6) is -0.0550. The van der Waals surface area contributed by atoms with Gasteiger partial charge in [0.2, 0.25) is 0 Å². The smallest absolute Gasteiger partial charge is 0.261 e. The third-order valence-corrected chi connectivity index (χ3v) is 3.87. The number of fused-ring (bicyclic) bond motifs is 1. The Morgan fingerprint density at radius 1 is 1.20 bits per heavy atom. The molecule has 3 rings (SSSR count). The predicted octanol–water partition coefficient (Wildman–Crippen LogP) is 1.64. The number of aromatic nitrogens is 3. The van der Waals surface area contributed by atoms with Crippen LogP contribution in [0.15, 0.2) is 36.8 Å². The average Bonchev–Trinajstić information content (AvgIpc) is 3.17. The van der Waals surface area contributed by atoms with Gasteiger partial charge in [-0.25, -0.2) is 4.52 Å². The van der Waals surface area contributed by atoms with Crippen LogP contribution >= 0.6 is 0 Å². The third kappa shape index (κ3) is 2.93. The van der Waals surface area contributed by atoms with Crippen LogP contribution in [0.4, 0.5) is 5.69 Å². The standard InChI is InChI=1S/C17H19N5O3/c1-20(2)17(24)12-9-11(5-6-14(12)25-4)19-15(23)13-10-18-22-8-7-21(3)16(13)22/h5-10H,1-4H3,(H,19,23). The summed E-state index contributed by atoms with van der Waals surface area (Å²) in [4.78, 5) is 26.3. The Hall–Kier alpha value is -3.29. The summed E-state index contributed by atoms with van der Waals surface area (Å²) in [6.07, 6.45) is 5.10. The molecule has 0 bridgehead atoms. The first-order chi connectivity index (χ1) is 11.9. The Labute approximate surface area is 144 Å². The van der Waals surface area contributed by atoms with E-state index in [1.807, 2.05) is 17.8 Å². The van der Waals surface area contributed by atoms with Crippen molar-refractivity contribution >= 4 is 23.1 Å². The minimum Gasteiger partial charge on any atom is -0.496 e. The number of carbonyl (C=O) groups excluding carboxylic acids is 2. The summed E-state index contributed by atoms with van der Waals surface area (Å²) in [7, 11) is 6.66. The summed E-state index contributed by atoms with van der Waals surface area (Å²) < 4.78 is 8.68. The van der Waals surface area contributed by atoms with Crippen LogP contribution in [0.3, 0.4) is 0 Å². The summed E-state index contributed by atoms with van der Waals surface area (Å²) in [5, 5.41) is 6.96. The molecule has 0 saturated heterocycles. The zero-order valence-electron chi connectivity index (χ0n) is 14.5. The van der Waals surface area contributed by atoms with Gasteiger partial charge >= 0.3 is 0 Å². The molecule has 0 fully saturated rings. The molecule has 1 aromatic carbocycles. The second-order valence-corrected chi connectivity index (χ2v) is 5.80. The molecular weight excluding hydrogens is 322 g/mol. The largest absolute Gasteiger partial charge is 0.496 e. The number of hydrogen-bond acceptors (Lipinski definition) is 4. The van der Waals surface area contributed by atoms with Crippen molar-refractivity contribution in [2.75, 3.05) is 26.5 Å². The molecule has 0 aliphatic rings. The van der Waals surface area contributed by atoms with Crippen LogP contribution in [0.5, 0.6) is 5.75 Å². The van der Waals surface area contributed by atoms with Crippen LogP contribution < -0.4 is 10.1 Å². The Kier molecular flexibility index (Phi) is 4.18. The molecule has 0 unspecified atom stereocenters. The van der Waals surface area contributed by atoms with Gasteiger partial charge in [0.05, 0.1) is 18.9 Å². The first-order valence-electron chi connectivity index (χ1n) is 7.62. The van der Waals surface area contributed by atoms with E-state index >= 15 is 0 Å². The monoisotopic (exact) mass is 341 g/mol. The predicted molar refractivity (Wildman–Crippen MR) is 93.1 cm³/mol. The summed E-state index contributed by atoms with van der Waals surface area (Å²) >= 11 is 0. The number of hydrogen-bond donors (Lipinski definition) is 1. The van der Waals surface area contributed by atoms with Gasteiger partial charge < -0.3 is 19.5 Å². The Bertz CT molecular complexity index is 955. The van der Waals surface area contributed by atoms with Crippen LogP contribution in [0.25, 0.3) is 5.65 Å². The lowest BCUT2D eigenvalue weighted by molar-refractivity contribution is 0.0824. The van der Waals surface area contributed by atoms with Gasteiger partial charge in [0.25, 0.3) is 11.8 Å². The fourth-order valence-electron chi connectivity index (χ4n) is 2.60. The number of rotatable bonds is 4. The molecule has 2 amide bonds. The maximum atomic E-state index is 12.6. The van der Waals surface area contributed by atoms with E-state index < -0.39 is 0 Å². The molecule has 0 atom stereocenters. The van der Waals surface area contributed by atoms with Crippen LogP contribution in [0, 0.1) is 0 Å². The van der Waals surface area contributed by atoms with E-state index in [9.17, 15) is 9.59 Å². The molecular formula is C17H19N5O3. The second kappa shape index (κ2) is 6.31. The number of anilines is 1. The van der Waals surface area contributed by atoms with E-state index in [0.717, 1.165) is 0 Å². The number of aryl methyl sites for hydroxylation is 1. The van der Waals surface area contributed by atoms with E-state index in [4.69, 9.17) is 4.74 Å². The highest BCUT2D eigenvalue weighted by Gasteiger charge is 2.18. The summed E-state index contributed by atoms with van der Waals surface area (Å²) in [5.41, 5.74) is 2.02. The molecule has 0 saturated carbocycles. The van der Waals surface area contributed by atoms with Gasteiger partial charge in [0, 0.05) is 39.2 Å². The quantitative estimate of drug-likeness (QED) is 0.782. The van der Waals surface area contributed by atoms with Gasteiger partial charge in [0.1, 0.15) is 17.0 Å². The summed E-state index contributed by atoms with van der Waals surface area (Å²) in [6, 6.07) is 4.95. The lowest BCUT2D eigenvalue weighted by Crippen LogP contribution is -2.22. The van der Waals surface area contributed by atoms with Crippen molar-refractivity contribution < 1.29 is 14.3 Å². The Balaban J connectivity index is 1.92. The number of amides is 2. The molecule has 0 spiro atoms. The lowest BCUT2D eigenvalue weighted by atomic mass is 10.1. The second-order valence-electron chi connectivity index (χ2n) is 5.80. The number of carbonyl (C=O) groups is 2. The maximum Gasteiger partial charge on any atom is 0.261 e. The number of imidazole rings is 1. The number of ether oxygens (including phenoxy) is 1. The molecule has 25 heavy (non-hydrogen) atoms. The minimum atomic E-state index is -0.301. The first-order valence-corrected chi connectivity index (χ1v) is 7.62. The number of methoxy groups -OCH3 is 1. The van der Waals surface area contributed by atoms with Gasteiger partial charge in [-0.05, 0) is 18.2 Å². The molecule has 2 aromatic heterocycles. The van der Waals surface area contributed by atoms with E-state index in [2.05, 4.69) is 10.4 Å². The molecule has 0 radical (unpaired) electrons. The van der Waals surface area contributed by atoms with Crippen LogP contribution in [-0.4, -0.2) is 52.1 Å². The molecule has 2 heterocycles. The van der Waals surface area contributed by atoms with Crippen molar-refractivity contribution in [2.24, 2.45) is 7.05 Å². The zero-order chi connectivity index (χ0) is 18.1. The molecule has 3 aromatic rings. The fraction of sp³-hybridized carbons (Fsp3) is 0.235. The van der Waals surface area contributed by atoms with E-state index in [-0.39, 0.29) is 11.8 Å². The van der Waals surface area contributed by atoms with Crippen LogP contribution in [0.1, 0.15) is 20.7 Å². The molecule has 8 nitrogen and oxygen atoms in total. The number of nitrogens with zero attached hydrogens (tertiary/aromatic N) is 4. The first kappa shape index (κ1) is 16.6. The van der Waals surface area contributed by atoms with Gasteiger partial charge in [0.15, 0.2) is 0 Å². The molecule has 0 aliphatic heterocycles. The fourth-order valence-corrected chi connectivity index (χ4v) is 2.60. The van der Waals surface area contributed by atoms with Crippen LogP contribution in [-0.2, 0) is 7.05 Å². The highest BCUT2D eigenvalue weighted by molar-refractivity contribution is 6.09. The highest BCUT2D eigenvalue weighted by Crippen LogP contribution is 2.24. The summed E-state index contributed by atoms with van der Waals surface area (Å²) in [6.45, 7) is 0. The van der Waals surface area contributed by atoms with Gasteiger partial charge in [-0.1, -0.05) is 0 Å². The molecule has 1 N–H and O–H groups in total. The number of nitrogens with one attached hydrogen (secondary N) is 1. The van der Waals surface area contributed by atoms with Crippen molar-refractivity contribution in [2.45, 2.75) is 0 Å². The zero-order valence-corrected chi connectivity index (χ0v) is 14.5. The third-order valence-electron chi connectivity index (χ3n) is 3.87. The van der Waals surface area contributed by atoms with Crippen molar-refractivity contribution in [1.29, 1.82) is 0 Å². The van der Waals surface area contributed by atoms with Crippen LogP contribution in [0.2, 0.25) is 0 Å². The average molecular weight is 341 g/mol. The van der Waals surface area contributed by atoms with Gasteiger partial charge in [-0.3, -0.25) is 9.59 Å². The topological polar surface area (TPSA) is 80.9 Å². The lowest BCUT2D eigenvalue weighted by Gasteiger charge is -2.15. The molecule has 0 aliphatic carbocycles. The van der Waals surface area contributed by atoms with Crippen molar-refractivity contribution in [3.8, 4) is 5.75 Å². The van der Waals surface area contributed by atoms with Crippen molar-refractivity contribution in [3.05, 3.63) is 47.9 Å². The molecule has 8 heteroatoms. The minimum absolute atomic E-state index is 0.205. The molecule has 130 valence electrons. The van der Waals surface area contributed by atoms with E-state index in [1.165, 1.54) is 18.2 Å². The van der Waals surface area contributed by atoms with Gasteiger partial charge in [-0.2, -0.15) is 5.10 Å². The van der Waals surface area contributed by atoms with Gasteiger partial charge in [-0.15, -0.1) is 0 Å². The Morgan fingerprint density at radius 2 is 1.96 bits per heavy atom. The van der Waals surface area contributed by atoms with Crippen molar-refractivity contribution in [1.82, 2.24) is 19.1 Å². The number of benzene rings is 1.